The summed E-state index contributed by atoms with van der Waals surface area (Å²) < 4.78 is 5.77. The molecular formula is C16H22N2O2. The Morgan fingerprint density at radius 3 is 2.90 bits per heavy atom. The van der Waals surface area contributed by atoms with Crippen molar-refractivity contribution in [1.29, 1.82) is 0 Å². The van der Waals surface area contributed by atoms with Crippen molar-refractivity contribution >= 4 is 5.91 Å². The molecule has 0 aromatic heterocycles. The number of hydrogen-bond acceptors (Lipinski definition) is 3. The molecule has 2 heterocycles. The molecule has 1 saturated heterocycles. The molecule has 108 valence electrons. The van der Waals surface area contributed by atoms with Gasteiger partial charge in [-0.05, 0) is 55.5 Å². The van der Waals surface area contributed by atoms with Crippen molar-refractivity contribution in [2.45, 2.75) is 38.1 Å². The molecular weight excluding hydrogens is 252 g/mol. The van der Waals surface area contributed by atoms with E-state index in [-0.39, 0.29) is 11.8 Å². The zero-order valence-electron chi connectivity index (χ0n) is 11.8. The third-order valence-corrected chi connectivity index (χ3v) is 4.29. The van der Waals surface area contributed by atoms with E-state index in [0.717, 1.165) is 24.3 Å². The Balaban J connectivity index is 1.75. The number of ether oxygens (including phenoxy) is 1. The summed E-state index contributed by atoms with van der Waals surface area (Å²) in [5, 5.41) is 0. The number of rotatable bonds is 4. The molecule has 0 aliphatic carbocycles. The minimum absolute atomic E-state index is 0.220. The number of benzene rings is 1. The van der Waals surface area contributed by atoms with Crippen molar-refractivity contribution in [3.8, 4) is 5.75 Å². The maximum Gasteiger partial charge on any atom is 0.218 e. The normalized spacial score (nSPS) is 22.3. The number of hydrogen-bond donors (Lipinski definition) is 1. The van der Waals surface area contributed by atoms with Crippen LogP contribution in [0, 0.1) is 0 Å². The zero-order valence-corrected chi connectivity index (χ0v) is 11.8. The lowest BCUT2D eigenvalue weighted by atomic mass is 9.89. The van der Waals surface area contributed by atoms with Gasteiger partial charge in [0.25, 0.3) is 0 Å². The van der Waals surface area contributed by atoms with Crippen LogP contribution in [0.25, 0.3) is 0 Å². The summed E-state index contributed by atoms with van der Waals surface area (Å²) in [6, 6.07) is 6.42. The monoisotopic (exact) mass is 274 g/mol. The Labute approximate surface area is 119 Å². The van der Waals surface area contributed by atoms with Crippen LogP contribution in [0.2, 0.25) is 0 Å². The average Bonchev–Trinajstić information content (AvgIpc) is 2.91. The average molecular weight is 274 g/mol. The van der Waals surface area contributed by atoms with Gasteiger partial charge in [-0.3, -0.25) is 9.69 Å². The van der Waals surface area contributed by atoms with E-state index in [9.17, 15) is 4.79 Å². The maximum absolute atomic E-state index is 11.1. The number of likely N-dealkylation sites (tertiary alicyclic amines) is 1. The van der Waals surface area contributed by atoms with Gasteiger partial charge in [0.15, 0.2) is 0 Å². The van der Waals surface area contributed by atoms with Crippen LogP contribution in [0.1, 0.15) is 42.7 Å². The molecule has 1 aromatic carbocycles. The van der Waals surface area contributed by atoms with Crippen LogP contribution >= 0.6 is 0 Å². The van der Waals surface area contributed by atoms with Crippen LogP contribution in [0.3, 0.4) is 0 Å². The Morgan fingerprint density at radius 1 is 1.35 bits per heavy atom. The van der Waals surface area contributed by atoms with E-state index < -0.39 is 0 Å². The van der Waals surface area contributed by atoms with Crippen molar-refractivity contribution in [2.24, 2.45) is 5.73 Å². The Kier molecular flexibility index (Phi) is 3.92. The predicted molar refractivity (Wildman–Crippen MR) is 77.6 cm³/mol. The van der Waals surface area contributed by atoms with Gasteiger partial charge < -0.3 is 10.5 Å². The first kappa shape index (κ1) is 13.4. The second-order valence-corrected chi connectivity index (χ2v) is 5.86. The lowest BCUT2D eigenvalue weighted by Crippen LogP contribution is -2.22. The lowest BCUT2D eigenvalue weighted by Gasteiger charge is -2.26. The van der Waals surface area contributed by atoms with E-state index in [4.69, 9.17) is 10.5 Å². The van der Waals surface area contributed by atoms with E-state index >= 15 is 0 Å². The summed E-state index contributed by atoms with van der Waals surface area (Å²) in [5.74, 6) is 0.931. The number of primary amides is 1. The van der Waals surface area contributed by atoms with Crippen molar-refractivity contribution in [3.63, 3.8) is 0 Å². The Hall–Kier alpha value is -1.55. The molecule has 2 N–H and O–H groups in total. The number of amides is 1. The molecule has 1 aromatic rings. The molecule has 0 spiro atoms. The largest absolute Gasteiger partial charge is 0.493 e. The third-order valence-electron chi connectivity index (χ3n) is 4.29. The van der Waals surface area contributed by atoms with Gasteiger partial charge in [0.1, 0.15) is 5.75 Å². The van der Waals surface area contributed by atoms with E-state index in [1.165, 1.54) is 31.5 Å². The van der Waals surface area contributed by atoms with Crippen LogP contribution in [0.15, 0.2) is 18.2 Å². The summed E-state index contributed by atoms with van der Waals surface area (Å²) in [6.45, 7) is 4.07. The smallest absolute Gasteiger partial charge is 0.218 e. The Morgan fingerprint density at radius 2 is 2.15 bits per heavy atom. The van der Waals surface area contributed by atoms with Gasteiger partial charge in [0, 0.05) is 13.0 Å². The van der Waals surface area contributed by atoms with Crippen molar-refractivity contribution in [3.05, 3.63) is 29.3 Å². The van der Waals surface area contributed by atoms with Gasteiger partial charge >= 0.3 is 0 Å². The molecule has 2 aliphatic rings. The molecule has 20 heavy (non-hydrogen) atoms. The van der Waals surface area contributed by atoms with Crippen LogP contribution < -0.4 is 10.5 Å². The number of nitrogens with two attached hydrogens (primary N) is 1. The van der Waals surface area contributed by atoms with E-state index in [1.807, 2.05) is 0 Å². The second-order valence-electron chi connectivity index (χ2n) is 5.86. The topological polar surface area (TPSA) is 55.6 Å². The van der Waals surface area contributed by atoms with E-state index in [1.54, 1.807) is 0 Å². The lowest BCUT2D eigenvalue weighted by molar-refractivity contribution is -0.118. The number of carbonyl (C=O) groups excluding carboxylic acids is 1. The van der Waals surface area contributed by atoms with Crippen molar-refractivity contribution in [1.82, 2.24) is 4.90 Å². The first-order valence-corrected chi connectivity index (χ1v) is 7.48. The second kappa shape index (κ2) is 5.83. The predicted octanol–water partition coefficient (Wildman–Crippen LogP) is 2.02. The summed E-state index contributed by atoms with van der Waals surface area (Å²) in [7, 11) is 0. The molecule has 4 heteroatoms. The van der Waals surface area contributed by atoms with Crippen LogP contribution in [-0.4, -0.2) is 30.5 Å². The van der Waals surface area contributed by atoms with Crippen LogP contribution in [-0.2, 0) is 11.3 Å². The highest BCUT2D eigenvalue weighted by molar-refractivity contribution is 5.75. The molecule has 2 aliphatic heterocycles. The fraction of sp³-hybridized carbons (Fsp3) is 0.562. The molecule has 1 amide bonds. The molecule has 3 rings (SSSR count). The number of nitrogens with zero attached hydrogens (tertiary/aromatic N) is 1. The molecule has 1 fully saturated rings. The standard InChI is InChI=1S/C16H22N2O2/c17-16(19)10-13-5-8-20-15-9-12(3-4-14(13)15)11-18-6-1-2-7-18/h3-4,9,13H,1-2,5-8,10-11H2,(H2,17,19)/t13-/m1/s1. The highest BCUT2D eigenvalue weighted by Gasteiger charge is 2.23. The molecule has 0 saturated carbocycles. The van der Waals surface area contributed by atoms with Gasteiger partial charge in [0.2, 0.25) is 5.91 Å². The third kappa shape index (κ3) is 2.96. The van der Waals surface area contributed by atoms with Gasteiger partial charge in [0.05, 0.1) is 6.61 Å². The fourth-order valence-electron chi connectivity index (χ4n) is 3.26. The number of fused-ring (bicyclic) bond motifs is 1. The highest BCUT2D eigenvalue weighted by atomic mass is 16.5. The first-order valence-electron chi connectivity index (χ1n) is 7.48. The van der Waals surface area contributed by atoms with Crippen LogP contribution in [0.5, 0.6) is 5.75 Å². The highest BCUT2D eigenvalue weighted by Crippen LogP contribution is 2.36. The quantitative estimate of drug-likeness (QED) is 0.914. The summed E-state index contributed by atoms with van der Waals surface area (Å²) in [4.78, 5) is 13.6. The molecule has 0 radical (unpaired) electrons. The minimum Gasteiger partial charge on any atom is -0.493 e. The molecule has 1 atom stereocenters. The number of carbonyl (C=O) groups is 1. The van der Waals surface area contributed by atoms with E-state index in [2.05, 4.69) is 23.1 Å². The maximum atomic E-state index is 11.1. The zero-order chi connectivity index (χ0) is 13.9. The molecule has 0 bridgehead atoms. The van der Waals surface area contributed by atoms with Crippen molar-refractivity contribution in [2.75, 3.05) is 19.7 Å². The SMILES string of the molecule is NC(=O)C[C@H]1CCOc2cc(CN3CCCC3)ccc21. The Bertz CT molecular complexity index is 495. The van der Waals surface area contributed by atoms with Gasteiger partial charge in [-0.2, -0.15) is 0 Å². The van der Waals surface area contributed by atoms with Crippen LogP contribution in [0.4, 0.5) is 0 Å². The summed E-state index contributed by atoms with van der Waals surface area (Å²) in [5.41, 5.74) is 7.77. The van der Waals surface area contributed by atoms with Gasteiger partial charge in [-0.15, -0.1) is 0 Å². The van der Waals surface area contributed by atoms with Crippen molar-refractivity contribution < 1.29 is 9.53 Å². The van der Waals surface area contributed by atoms with Gasteiger partial charge in [-0.25, -0.2) is 0 Å². The first-order chi connectivity index (χ1) is 9.72. The molecule has 4 nitrogen and oxygen atoms in total. The molecule has 0 unspecified atom stereocenters. The summed E-state index contributed by atoms with van der Waals surface area (Å²) in [6.07, 6.45) is 3.91. The van der Waals surface area contributed by atoms with E-state index in [0.29, 0.717) is 13.0 Å². The fourth-order valence-corrected chi connectivity index (χ4v) is 3.26. The minimum atomic E-state index is -0.232. The summed E-state index contributed by atoms with van der Waals surface area (Å²) >= 11 is 0. The van der Waals surface area contributed by atoms with Gasteiger partial charge in [-0.1, -0.05) is 12.1 Å².